The van der Waals surface area contributed by atoms with Gasteiger partial charge in [-0.15, -0.1) is 0 Å². The monoisotopic (exact) mass is 246 g/mol. The summed E-state index contributed by atoms with van der Waals surface area (Å²) >= 11 is 5.82. The van der Waals surface area contributed by atoms with Gasteiger partial charge in [-0.3, -0.25) is 0 Å². The van der Waals surface area contributed by atoms with E-state index in [2.05, 4.69) is 4.74 Å². The van der Waals surface area contributed by atoms with Gasteiger partial charge in [0.2, 0.25) is 0 Å². The lowest BCUT2D eigenvalue weighted by atomic mass is 10.2. The van der Waals surface area contributed by atoms with Gasteiger partial charge in [0, 0.05) is 6.07 Å². The Morgan fingerprint density at radius 3 is 2.62 bits per heavy atom. The summed E-state index contributed by atoms with van der Waals surface area (Å²) in [6.45, 7) is 3.96. The minimum atomic E-state index is -0.732. The first-order valence-electron chi connectivity index (χ1n) is 4.89. The molecule has 1 rings (SSSR count). The van der Waals surface area contributed by atoms with Gasteiger partial charge in [0.05, 0.1) is 23.8 Å². The number of rotatable bonds is 4. The van der Waals surface area contributed by atoms with Crippen LogP contribution in [0.2, 0.25) is 5.02 Å². The SMILES string of the molecule is CCOC(=O)c1cc(Cl)c(OCC)cc1F. The second-order valence-corrected chi connectivity index (χ2v) is 3.32. The van der Waals surface area contributed by atoms with Crippen molar-refractivity contribution in [1.82, 2.24) is 0 Å². The minimum absolute atomic E-state index is 0.184. The molecule has 0 aliphatic rings. The van der Waals surface area contributed by atoms with Crippen LogP contribution in [0.5, 0.6) is 5.75 Å². The molecule has 0 aliphatic carbocycles. The van der Waals surface area contributed by atoms with E-state index in [-0.39, 0.29) is 22.9 Å². The van der Waals surface area contributed by atoms with Crippen molar-refractivity contribution < 1.29 is 18.7 Å². The number of esters is 1. The number of carbonyl (C=O) groups is 1. The maximum absolute atomic E-state index is 13.5. The first-order chi connectivity index (χ1) is 7.60. The highest BCUT2D eigenvalue weighted by Gasteiger charge is 2.16. The summed E-state index contributed by atoms with van der Waals surface area (Å²) in [6, 6.07) is 2.29. The lowest BCUT2D eigenvalue weighted by Crippen LogP contribution is -2.07. The summed E-state index contributed by atoms with van der Waals surface area (Å²) in [5.74, 6) is -1.22. The highest BCUT2D eigenvalue weighted by Crippen LogP contribution is 2.28. The van der Waals surface area contributed by atoms with Crippen molar-refractivity contribution in [2.24, 2.45) is 0 Å². The lowest BCUT2D eigenvalue weighted by molar-refractivity contribution is 0.0521. The van der Waals surface area contributed by atoms with Crippen molar-refractivity contribution >= 4 is 17.6 Å². The third-order valence-electron chi connectivity index (χ3n) is 1.82. The topological polar surface area (TPSA) is 35.5 Å². The molecule has 1 aromatic rings. The Hall–Kier alpha value is -1.29. The molecule has 0 radical (unpaired) electrons. The van der Waals surface area contributed by atoms with Crippen LogP contribution in [0.4, 0.5) is 4.39 Å². The fraction of sp³-hybridized carbons (Fsp3) is 0.364. The van der Waals surface area contributed by atoms with Gasteiger partial charge >= 0.3 is 5.97 Å². The van der Waals surface area contributed by atoms with Gasteiger partial charge in [-0.05, 0) is 19.9 Å². The summed E-state index contributed by atoms with van der Waals surface area (Å²) < 4.78 is 23.3. The molecule has 3 nitrogen and oxygen atoms in total. The minimum Gasteiger partial charge on any atom is -0.492 e. The highest BCUT2D eigenvalue weighted by molar-refractivity contribution is 6.32. The molecule has 5 heteroatoms. The standard InChI is InChI=1S/C11H12ClFO3/c1-3-15-10-6-9(13)7(5-8(10)12)11(14)16-4-2/h5-6H,3-4H2,1-2H3. The Balaban J connectivity index is 3.05. The number of carbonyl (C=O) groups excluding carboxylic acids is 1. The number of hydrogen-bond donors (Lipinski definition) is 0. The van der Waals surface area contributed by atoms with Crippen LogP contribution < -0.4 is 4.74 Å². The second kappa shape index (κ2) is 5.70. The van der Waals surface area contributed by atoms with Gasteiger partial charge in [0.1, 0.15) is 11.6 Å². The van der Waals surface area contributed by atoms with E-state index in [1.54, 1.807) is 13.8 Å². The molecule has 0 heterocycles. The van der Waals surface area contributed by atoms with Crippen LogP contribution in [0, 0.1) is 5.82 Å². The fourth-order valence-corrected chi connectivity index (χ4v) is 1.38. The molecule has 16 heavy (non-hydrogen) atoms. The lowest BCUT2D eigenvalue weighted by Gasteiger charge is -2.08. The fourth-order valence-electron chi connectivity index (χ4n) is 1.16. The predicted octanol–water partition coefficient (Wildman–Crippen LogP) is 3.05. The van der Waals surface area contributed by atoms with Crippen molar-refractivity contribution in [3.63, 3.8) is 0 Å². The van der Waals surface area contributed by atoms with E-state index in [4.69, 9.17) is 16.3 Å². The number of ether oxygens (including phenoxy) is 2. The molecule has 0 spiro atoms. The van der Waals surface area contributed by atoms with Crippen LogP contribution in [0.15, 0.2) is 12.1 Å². The van der Waals surface area contributed by atoms with E-state index in [0.29, 0.717) is 6.61 Å². The predicted molar refractivity (Wildman–Crippen MR) is 58.5 cm³/mol. The first kappa shape index (κ1) is 12.8. The molecule has 0 N–H and O–H groups in total. The zero-order valence-electron chi connectivity index (χ0n) is 9.05. The smallest absolute Gasteiger partial charge is 0.341 e. The molecule has 0 aliphatic heterocycles. The Bertz CT molecular complexity index is 393. The molecule has 0 unspecified atom stereocenters. The van der Waals surface area contributed by atoms with E-state index in [1.165, 1.54) is 6.07 Å². The van der Waals surface area contributed by atoms with Gasteiger partial charge in [0.25, 0.3) is 0 Å². The normalized spacial score (nSPS) is 10.0. The molecular weight excluding hydrogens is 235 g/mol. The van der Waals surface area contributed by atoms with Crippen molar-refractivity contribution in [3.8, 4) is 5.75 Å². The van der Waals surface area contributed by atoms with Crippen molar-refractivity contribution in [3.05, 3.63) is 28.5 Å². The van der Waals surface area contributed by atoms with Crippen molar-refractivity contribution in [2.45, 2.75) is 13.8 Å². The third kappa shape index (κ3) is 2.85. The Morgan fingerprint density at radius 2 is 2.06 bits per heavy atom. The van der Waals surface area contributed by atoms with E-state index in [9.17, 15) is 9.18 Å². The van der Waals surface area contributed by atoms with E-state index in [1.807, 2.05) is 0 Å². The molecule has 0 bridgehead atoms. The summed E-state index contributed by atoms with van der Waals surface area (Å²) in [6.07, 6.45) is 0. The van der Waals surface area contributed by atoms with Crippen molar-refractivity contribution in [2.75, 3.05) is 13.2 Å². The molecule has 1 aromatic carbocycles. The summed E-state index contributed by atoms with van der Waals surface area (Å²) in [5, 5.41) is 0.186. The third-order valence-corrected chi connectivity index (χ3v) is 2.11. The second-order valence-electron chi connectivity index (χ2n) is 2.92. The van der Waals surface area contributed by atoms with Gasteiger partial charge in [-0.25, -0.2) is 9.18 Å². The van der Waals surface area contributed by atoms with Gasteiger partial charge in [0.15, 0.2) is 0 Å². The number of halogens is 2. The summed E-state index contributed by atoms with van der Waals surface area (Å²) in [5.41, 5.74) is -0.185. The average Bonchev–Trinajstić information content (AvgIpc) is 2.23. The van der Waals surface area contributed by atoms with Gasteiger partial charge in [-0.2, -0.15) is 0 Å². The molecule has 0 fully saturated rings. The number of benzene rings is 1. The van der Waals surface area contributed by atoms with E-state index in [0.717, 1.165) is 6.07 Å². The van der Waals surface area contributed by atoms with Gasteiger partial charge < -0.3 is 9.47 Å². The first-order valence-corrected chi connectivity index (χ1v) is 5.26. The van der Waals surface area contributed by atoms with Crippen LogP contribution in [-0.4, -0.2) is 19.2 Å². The highest BCUT2D eigenvalue weighted by atomic mass is 35.5. The molecule has 0 amide bonds. The number of hydrogen-bond acceptors (Lipinski definition) is 3. The molecule has 0 saturated carbocycles. The molecule has 0 aromatic heterocycles. The Morgan fingerprint density at radius 1 is 1.38 bits per heavy atom. The quantitative estimate of drug-likeness (QED) is 0.766. The zero-order chi connectivity index (χ0) is 12.1. The largest absolute Gasteiger partial charge is 0.492 e. The summed E-state index contributed by atoms with van der Waals surface area (Å²) in [4.78, 5) is 11.3. The zero-order valence-corrected chi connectivity index (χ0v) is 9.81. The van der Waals surface area contributed by atoms with E-state index >= 15 is 0 Å². The van der Waals surface area contributed by atoms with Gasteiger partial charge in [-0.1, -0.05) is 11.6 Å². The van der Waals surface area contributed by atoms with Crippen LogP contribution in [0.25, 0.3) is 0 Å². The molecule has 88 valence electrons. The average molecular weight is 247 g/mol. The van der Waals surface area contributed by atoms with Crippen LogP contribution in [0.3, 0.4) is 0 Å². The van der Waals surface area contributed by atoms with Crippen LogP contribution in [-0.2, 0) is 4.74 Å². The molecular formula is C11H12ClFO3. The Labute approximate surface area is 98.1 Å². The maximum atomic E-state index is 13.5. The maximum Gasteiger partial charge on any atom is 0.341 e. The molecule has 0 saturated heterocycles. The Kier molecular flexibility index (Phi) is 4.55. The summed E-state index contributed by atoms with van der Waals surface area (Å²) in [7, 11) is 0. The van der Waals surface area contributed by atoms with E-state index < -0.39 is 11.8 Å². The molecule has 0 atom stereocenters. The van der Waals surface area contributed by atoms with Crippen LogP contribution in [0.1, 0.15) is 24.2 Å². The van der Waals surface area contributed by atoms with Crippen LogP contribution >= 0.6 is 11.6 Å². The van der Waals surface area contributed by atoms with Crippen molar-refractivity contribution in [1.29, 1.82) is 0 Å².